The van der Waals surface area contributed by atoms with E-state index in [1.54, 1.807) is 0 Å². The molecule has 0 aromatic rings. The Labute approximate surface area is 85.9 Å². The fourth-order valence-corrected chi connectivity index (χ4v) is 1.79. The normalized spacial score (nSPS) is 27.2. The Morgan fingerprint density at radius 2 is 2.36 bits per heavy atom. The van der Waals surface area contributed by atoms with Gasteiger partial charge >= 0.3 is 0 Å². The lowest BCUT2D eigenvalue weighted by atomic mass is 10.1. The van der Waals surface area contributed by atoms with Crippen molar-refractivity contribution in [3.05, 3.63) is 0 Å². The van der Waals surface area contributed by atoms with E-state index >= 15 is 0 Å². The van der Waals surface area contributed by atoms with E-state index in [0.717, 1.165) is 6.54 Å². The maximum absolute atomic E-state index is 11.4. The molecular formula is C11H18N2O. The maximum atomic E-state index is 11.4. The number of amides is 1. The molecule has 0 aromatic heterocycles. The molecule has 3 heteroatoms. The van der Waals surface area contributed by atoms with Crippen LogP contribution in [0.4, 0.5) is 0 Å². The Hall–Kier alpha value is -1.01. The molecule has 14 heavy (non-hydrogen) atoms. The second-order valence-electron chi connectivity index (χ2n) is 3.96. The van der Waals surface area contributed by atoms with Crippen molar-refractivity contribution in [2.24, 2.45) is 5.92 Å². The predicted molar refractivity (Wildman–Crippen MR) is 56.7 cm³/mol. The summed E-state index contributed by atoms with van der Waals surface area (Å²) in [6, 6.07) is 0.506. The molecule has 3 nitrogen and oxygen atoms in total. The lowest BCUT2D eigenvalue weighted by Gasteiger charge is -2.21. The number of nitrogens with one attached hydrogen (secondary N) is 1. The average Bonchev–Trinajstić information content (AvgIpc) is 2.46. The van der Waals surface area contributed by atoms with Gasteiger partial charge in [-0.05, 0) is 25.8 Å². The summed E-state index contributed by atoms with van der Waals surface area (Å²) in [5.74, 6) is 3.11. The van der Waals surface area contributed by atoms with Crippen LogP contribution in [0.15, 0.2) is 0 Å². The van der Waals surface area contributed by atoms with Crippen LogP contribution in [-0.2, 0) is 4.79 Å². The number of rotatable bonds is 3. The van der Waals surface area contributed by atoms with Crippen LogP contribution in [0.3, 0.4) is 0 Å². The number of carbonyl (C=O) groups is 1. The van der Waals surface area contributed by atoms with E-state index in [2.05, 4.69) is 30.0 Å². The fourth-order valence-electron chi connectivity index (χ4n) is 1.79. The molecule has 2 unspecified atom stereocenters. The number of terminal acetylenes is 1. The molecule has 1 heterocycles. The SMILES string of the molecule is C#CCNC(=O)CN1CCC(C)C1C. The minimum atomic E-state index is 0.0314. The van der Waals surface area contributed by atoms with E-state index in [1.165, 1.54) is 6.42 Å². The van der Waals surface area contributed by atoms with Gasteiger partial charge in [-0.2, -0.15) is 0 Å². The third kappa shape index (κ3) is 2.74. The summed E-state index contributed by atoms with van der Waals surface area (Å²) in [4.78, 5) is 13.6. The summed E-state index contributed by atoms with van der Waals surface area (Å²) in [6.45, 7) is 6.23. The summed E-state index contributed by atoms with van der Waals surface area (Å²) in [6.07, 6.45) is 6.24. The number of hydrogen-bond acceptors (Lipinski definition) is 2. The van der Waals surface area contributed by atoms with Crippen molar-refractivity contribution in [3.8, 4) is 12.3 Å². The second-order valence-corrected chi connectivity index (χ2v) is 3.96. The largest absolute Gasteiger partial charge is 0.344 e. The molecule has 0 bridgehead atoms. The Morgan fingerprint density at radius 1 is 1.64 bits per heavy atom. The molecule has 1 amide bonds. The summed E-state index contributed by atoms with van der Waals surface area (Å²) in [5, 5.41) is 2.68. The zero-order valence-electron chi connectivity index (χ0n) is 8.92. The highest BCUT2D eigenvalue weighted by atomic mass is 16.2. The molecule has 1 saturated heterocycles. The Kier molecular flexibility index (Phi) is 3.97. The summed E-state index contributed by atoms with van der Waals surface area (Å²) < 4.78 is 0. The van der Waals surface area contributed by atoms with Crippen LogP contribution >= 0.6 is 0 Å². The highest BCUT2D eigenvalue weighted by molar-refractivity contribution is 5.78. The van der Waals surface area contributed by atoms with Gasteiger partial charge in [-0.15, -0.1) is 6.42 Å². The lowest BCUT2D eigenvalue weighted by Crippen LogP contribution is -2.39. The van der Waals surface area contributed by atoms with Crippen LogP contribution in [0.25, 0.3) is 0 Å². The van der Waals surface area contributed by atoms with Crippen LogP contribution in [0.1, 0.15) is 20.3 Å². The van der Waals surface area contributed by atoms with Gasteiger partial charge in [0, 0.05) is 6.04 Å². The molecule has 1 N–H and O–H groups in total. The highest BCUT2D eigenvalue weighted by Crippen LogP contribution is 2.22. The standard InChI is InChI=1S/C11H18N2O/c1-4-6-12-11(14)8-13-7-5-9(2)10(13)3/h1,9-10H,5-8H2,2-3H3,(H,12,14). The quantitative estimate of drug-likeness (QED) is 0.662. The molecule has 1 aliphatic heterocycles. The maximum Gasteiger partial charge on any atom is 0.234 e. The number of nitrogens with zero attached hydrogens (tertiary/aromatic N) is 1. The molecule has 0 radical (unpaired) electrons. The smallest absolute Gasteiger partial charge is 0.234 e. The van der Waals surface area contributed by atoms with Crippen molar-refractivity contribution in [2.45, 2.75) is 26.3 Å². The first-order chi connectivity index (χ1) is 6.65. The summed E-state index contributed by atoms with van der Waals surface area (Å²) in [5.41, 5.74) is 0. The van der Waals surface area contributed by atoms with E-state index in [0.29, 0.717) is 25.0 Å². The van der Waals surface area contributed by atoms with Crippen LogP contribution in [0.2, 0.25) is 0 Å². The average molecular weight is 194 g/mol. The first-order valence-electron chi connectivity index (χ1n) is 5.09. The molecule has 0 aliphatic carbocycles. The molecule has 1 rings (SSSR count). The van der Waals surface area contributed by atoms with Crippen molar-refractivity contribution in [2.75, 3.05) is 19.6 Å². The monoisotopic (exact) mass is 194 g/mol. The molecule has 2 atom stereocenters. The van der Waals surface area contributed by atoms with Crippen molar-refractivity contribution in [3.63, 3.8) is 0 Å². The minimum absolute atomic E-state index is 0.0314. The minimum Gasteiger partial charge on any atom is -0.344 e. The van der Waals surface area contributed by atoms with Gasteiger partial charge in [-0.25, -0.2) is 0 Å². The predicted octanol–water partition coefficient (Wildman–Crippen LogP) is 0.466. The molecular weight excluding hydrogens is 176 g/mol. The van der Waals surface area contributed by atoms with E-state index in [4.69, 9.17) is 6.42 Å². The van der Waals surface area contributed by atoms with Gasteiger partial charge in [-0.1, -0.05) is 12.8 Å². The van der Waals surface area contributed by atoms with E-state index in [9.17, 15) is 4.79 Å². The van der Waals surface area contributed by atoms with Gasteiger partial charge in [0.2, 0.25) is 5.91 Å². The van der Waals surface area contributed by atoms with Crippen molar-refractivity contribution in [1.29, 1.82) is 0 Å². The van der Waals surface area contributed by atoms with Gasteiger partial charge in [0.05, 0.1) is 13.1 Å². The first kappa shape index (κ1) is 11.1. The highest BCUT2D eigenvalue weighted by Gasteiger charge is 2.28. The molecule has 0 saturated carbocycles. The van der Waals surface area contributed by atoms with Gasteiger partial charge in [0.1, 0.15) is 0 Å². The Balaban J connectivity index is 2.31. The van der Waals surface area contributed by atoms with Crippen molar-refractivity contribution >= 4 is 5.91 Å². The zero-order chi connectivity index (χ0) is 10.6. The molecule has 1 fully saturated rings. The third-order valence-corrected chi connectivity index (χ3v) is 3.01. The van der Waals surface area contributed by atoms with Gasteiger partial charge < -0.3 is 5.32 Å². The number of likely N-dealkylation sites (tertiary alicyclic amines) is 1. The van der Waals surface area contributed by atoms with Crippen molar-refractivity contribution < 1.29 is 4.79 Å². The fraction of sp³-hybridized carbons (Fsp3) is 0.727. The third-order valence-electron chi connectivity index (χ3n) is 3.01. The second kappa shape index (κ2) is 5.02. The molecule has 0 spiro atoms. The molecule has 78 valence electrons. The van der Waals surface area contributed by atoms with Crippen LogP contribution in [-0.4, -0.2) is 36.5 Å². The van der Waals surface area contributed by atoms with E-state index < -0.39 is 0 Å². The van der Waals surface area contributed by atoms with Crippen LogP contribution in [0.5, 0.6) is 0 Å². The van der Waals surface area contributed by atoms with Gasteiger partial charge in [-0.3, -0.25) is 9.69 Å². The Morgan fingerprint density at radius 3 is 2.86 bits per heavy atom. The molecule has 0 aromatic carbocycles. The molecule has 1 aliphatic rings. The van der Waals surface area contributed by atoms with Crippen LogP contribution in [0, 0.1) is 18.3 Å². The van der Waals surface area contributed by atoms with E-state index in [-0.39, 0.29) is 5.91 Å². The first-order valence-corrected chi connectivity index (χ1v) is 5.09. The van der Waals surface area contributed by atoms with Gasteiger partial charge in [0.15, 0.2) is 0 Å². The topological polar surface area (TPSA) is 32.3 Å². The summed E-state index contributed by atoms with van der Waals surface area (Å²) >= 11 is 0. The number of carbonyl (C=O) groups excluding carboxylic acids is 1. The van der Waals surface area contributed by atoms with Crippen molar-refractivity contribution in [1.82, 2.24) is 10.2 Å². The van der Waals surface area contributed by atoms with Crippen LogP contribution < -0.4 is 5.32 Å². The van der Waals surface area contributed by atoms with E-state index in [1.807, 2.05) is 0 Å². The van der Waals surface area contributed by atoms with Gasteiger partial charge in [0.25, 0.3) is 0 Å². The summed E-state index contributed by atoms with van der Waals surface area (Å²) in [7, 11) is 0. The Bertz CT molecular complexity index is 244. The zero-order valence-corrected chi connectivity index (χ0v) is 8.92. The number of hydrogen-bond donors (Lipinski definition) is 1. The lowest BCUT2D eigenvalue weighted by molar-refractivity contribution is -0.122.